The molecule has 0 heterocycles. The van der Waals surface area contributed by atoms with Gasteiger partial charge in [-0.1, -0.05) is 55.4 Å². The Morgan fingerprint density at radius 2 is 0.579 bits per heavy atom. The van der Waals surface area contributed by atoms with Crippen LogP contribution < -0.4 is 0 Å². The van der Waals surface area contributed by atoms with Crippen molar-refractivity contribution in [2.24, 2.45) is 59.2 Å². The molecule has 0 spiro atoms. The van der Waals surface area contributed by atoms with Gasteiger partial charge in [0.15, 0.2) is 0 Å². The Kier molecular flexibility index (Phi) is 4.38. The van der Waals surface area contributed by atoms with Gasteiger partial charge in [0.2, 0.25) is 0 Å². The van der Waals surface area contributed by atoms with Gasteiger partial charge in [0.05, 0.1) is 0 Å². The first-order valence-electron chi connectivity index (χ1n) is 8.77. The van der Waals surface area contributed by atoms with Crippen LogP contribution in [-0.4, -0.2) is 0 Å². The fourth-order valence-electron chi connectivity index (χ4n) is 5.61. The quantitative estimate of drug-likeness (QED) is 0.598. The van der Waals surface area contributed by atoms with Crippen molar-refractivity contribution in [2.75, 3.05) is 0 Å². The van der Waals surface area contributed by atoms with E-state index >= 15 is 0 Å². The van der Waals surface area contributed by atoms with E-state index in [-0.39, 0.29) is 0 Å². The zero-order valence-corrected chi connectivity index (χ0v) is 14.5. The van der Waals surface area contributed by atoms with Gasteiger partial charge in [0, 0.05) is 0 Å². The summed E-state index contributed by atoms with van der Waals surface area (Å²) in [6.07, 6.45) is 1.49. The van der Waals surface area contributed by atoms with Crippen LogP contribution in [0.4, 0.5) is 0 Å². The average Bonchev–Trinajstić information content (AvgIpc) is 2.68. The van der Waals surface area contributed by atoms with E-state index in [9.17, 15) is 0 Å². The minimum atomic E-state index is 0.918. The molecule has 2 saturated carbocycles. The summed E-state index contributed by atoms with van der Waals surface area (Å²) in [6, 6.07) is 0. The van der Waals surface area contributed by atoms with Crippen molar-refractivity contribution in [1.29, 1.82) is 0 Å². The molecule has 0 aromatic carbocycles. The van der Waals surface area contributed by atoms with Gasteiger partial charge in [-0.05, 0) is 65.6 Å². The molecule has 0 heteroatoms. The predicted molar refractivity (Wildman–Crippen MR) is 84.9 cm³/mol. The second-order valence-corrected chi connectivity index (χ2v) is 8.44. The third-order valence-corrected chi connectivity index (χ3v) is 8.22. The Hall–Kier alpha value is 0. The first-order chi connectivity index (χ1) is 8.77. The van der Waals surface area contributed by atoms with Gasteiger partial charge >= 0.3 is 0 Å². The van der Waals surface area contributed by atoms with Crippen molar-refractivity contribution in [3.05, 3.63) is 0 Å². The summed E-state index contributed by atoms with van der Waals surface area (Å²) in [5.41, 5.74) is 0. The molecule has 0 bridgehead atoms. The molecule has 112 valence electrons. The third kappa shape index (κ3) is 2.38. The predicted octanol–water partition coefficient (Wildman–Crippen LogP) is 5.72. The maximum Gasteiger partial charge on any atom is -0.0355 e. The van der Waals surface area contributed by atoms with Gasteiger partial charge in [-0.2, -0.15) is 0 Å². The largest absolute Gasteiger partial charge is 0.0620 e. The third-order valence-electron chi connectivity index (χ3n) is 8.22. The minimum absolute atomic E-state index is 0.918. The molecular formula is C19H36. The molecule has 2 rings (SSSR count). The Labute approximate surface area is 121 Å². The fraction of sp³-hybridized carbons (Fsp3) is 1.00. The van der Waals surface area contributed by atoms with Crippen LogP contribution in [0.2, 0.25) is 0 Å². The van der Waals surface area contributed by atoms with E-state index < -0.39 is 0 Å². The van der Waals surface area contributed by atoms with Gasteiger partial charge in [-0.15, -0.1) is 0 Å². The van der Waals surface area contributed by atoms with Crippen molar-refractivity contribution in [3.8, 4) is 0 Å². The number of hydrogen-bond acceptors (Lipinski definition) is 0. The highest BCUT2D eigenvalue weighted by atomic mass is 14.5. The molecule has 2 fully saturated rings. The molecule has 8 atom stereocenters. The molecule has 0 aliphatic heterocycles. The number of hydrogen-bond donors (Lipinski definition) is 0. The first kappa shape index (κ1) is 15.4. The highest BCUT2D eigenvalue weighted by molar-refractivity contribution is 4.95. The van der Waals surface area contributed by atoms with E-state index in [2.05, 4.69) is 55.4 Å². The monoisotopic (exact) mass is 264 g/mol. The summed E-state index contributed by atoms with van der Waals surface area (Å²) in [6.45, 7) is 20.0. The Morgan fingerprint density at radius 3 is 0.789 bits per heavy atom. The molecule has 2 aliphatic carbocycles. The smallest absolute Gasteiger partial charge is 0.0355 e. The van der Waals surface area contributed by atoms with Crippen LogP contribution in [-0.2, 0) is 0 Å². The van der Waals surface area contributed by atoms with Crippen LogP contribution in [0.5, 0.6) is 0 Å². The molecule has 0 aromatic rings. The molecule has 0 radical (unpaired) electrons. The lowest BCUT2D eigenvalue weighted by Gasteiger charge is -2.30. The molecule has 8 unspecified atom stereocenters. The van der Waals surface area contributed by atoms with Gasteiger partial charge < -0.3 is 0 Å². The molecule has 0 nitrogen and oxygen atoms in total. The Bertz CT molecular complexity index is 249. The second kappa shape index (κ2) is 5.41. The molecule has 0 saturated heterocycles. The van der Waals surface area contributed by atoms with E-state index in [1.165, 1.54) is 6.42 Å². The normalized spacial score (nSPS) is 58.7. The van der Waals surface area contributed by atoms with E-state index in [1.54, 1.807) is 0 Å². The van der Waals surface area contributed by atoms with Crippen LogP contribution in [0.3, 0.4) is 0 Å². The Morgan fingerprint density at radius 1 is 0.368 bits per heavy atom. The topological polar surface area (TPSA) is 0 Å². The van der Waals surface area contributed by atoms with Crippen LogP contribution >= 0.6 is 0 Å². The molecule has 2 aliphatic rings. The zero-order valence-electron chi connectivity index (χ0n) is 14.5. The van der Waals surface area contributed by atoms with Gasteiger partial charge in [-0.3, -0.25) is 0 Å². The molecule has 19 heavy (non-hydrogen) atoms. The minimum Gasteiger partial charge on any atom is -0.0620 e. The lowest BCUT2D eigenvalue weighted by molar-refractivity contribution is 0.193. The van der Waals surface area contributed by atoms with Crippen LogP contribution in [0.25, 0.3) is 0 Å². The van der Waals surface area contributed by atoms with Crippen molar-refractivity contribution in [3.63, 3.8) is 0 Å². The maximum absolute atomic E-state index is 2.52. The number of rotatable bonds is 2. The fourth-order valence-corrected chi connectivity index (χ4v) is 5.61. The van der Waals surface area contributed by atoms with Gasteiger partial charge in [0.25, 0.3) is 0 Å². The van der Waals surface area contributed by atoms with Crippen LogP contribution in [0.1, 0.15) is 61.8 Å². The van der Waals surface area contributed by atoms with E-state index in [1.807, 2.05) is 0 Å². The lowest BCUT2D eigenvalue weighted by Crippen LogP contribution is -2.22. The SMILES string of the molecule is CC1C(C)C(C)C(CC2C(C)C(C)C(C)C2C)C1C. The van der Waals surface area contributed by atoms with Gasteiger partial charge in [0.1, 0.15) is 0 Å². The molecule has 0 amide bonds. The summed E-state index contributed by atoms with van der Waals surface area (Å²) >= 11 is 0. The summed E-state index contributed by atoms with van der Waals surface area (Å²) in [5, 5.41) is 0. The van der Waals surface area contributed by atoms with Gasteiger partial charge in [-0.25, -0.2) is 0 Å². The molecule has 0 aromatic heterocycles. The standard InChI is InChI=1S/C19H36/c1-10-11(2)15(6)18(14(10)5)9-19-16(7)12(3)13(4)17(19)8/h10-19H,9H2,1-8H3. The average molecular weight is 264 g/mol. The molecular weight excluding hydrogens is 228 g/mol. The first-order valence-corrected chi connectivity index (χ1v) is 8.77. The second-order valence-electron chi connectivity index (χ2n) is 8.44. The van der Waals surface area contributed by atoms with Crippen molar-refractivity contribution in [2.45, 2.75) is 61.8 Å². The highest BCUT2D eigenvalue weighted by Crippen LogP contribution is 2.53. The van der Waals surface area contributed by atoms with Crippen molar-refractivity contribution >= 4 is 0 Å². The van der Waals surface area contributed by atoms with E-state index in [0.717, 1.165) is 59.2 Å². The summed E-state index contributed by atoms with van der Waals surface area (Å²) in [7, 11) is 0. The Balaban J connectivity index is 2.09. The maximum atomic E-state index is 2.52. The molecule has 0 N–H and O–H groups in total. The van der Waals surface area contributed by atoms with Crippen molar-refractivity contribution < 1.29 is 0 Å². The van der Waals surface area contributed by atoms with Crippen LogP contribution in [0, 0.1) is 59.2 Å². The summed E-state index contributed by atoms with van der Waals surface area (Å²) in [4.78, 5) is 0. The van der Waals surface area contributed by atoms with E-state index in [0.29, 0.717) is 0 Å². The van der Waals surface area contributed by atoms with Crippen LogP contribution in [0.15, 0.2) is 0 Å². The summed E-state index contributed by atoms with van der Waals surface area (Å²) < 4.78 is 0. The summed E-state index contributed by atoms with van der Waals surface area (Å²) in [5.74, 6) is 9.32. The lowest BCUT2D eigenvalue weighted by atomic mass is 9.76. The zero-order chi connectivity index (χ0) is 14.5. The highest BCUT2D eigenvalue weighted by Gasteiger charge is 2.47. The van der Waals surface area contributed by atoms with E-state index in [4.69, 9.17) is 0 Å². The van der Waals surface area contributed by atoms with Crippen molar-refractivity contribution in [1.82, 2.24) is 0 Å².